The topological polar surface area (TPSA) is 110 Å². The Bertz CT molecular complexity index is 786. The number of urea groups is 1. The number of nitrogens with one attached hydrogen (secondary N) is 1. The van der Waals surface area contributed by atoms with Gasteiger partial charge in [0, 0.05) is 25.2 Å². The van der Waals surface area contributed by atoms with E-state index in [9.17, 15) is 19.6 Å². The first-order valence-electron chi connectivity index (χ1n) is 7.99. The minimum Gasteiger partial charge on any atom is -0.329 e. The number of carbonyl (C=O) groups is 3. The molecule has 0 aliphatic heterocycles. The highest BCUT2D eigenvalue weighted by Crippen LogP contribution is 2.15. The zero-order valence-corrected chi connectivity index (χ0v) is 15.6. The molecule has 28 heavy (non-hydrogen) atoms. The van der Waals surface area contributed by atoms with Gasteiger partial charge in [0.1, 0.15) is 0 Å². The van der Waals surface area contributed by atoms with E-state index in [2.05, 4.69) is 0 Å². The van der Waals surface area contributed by atoms with Gasteiger partial charge < -0.3 is 4.90 Å². The van der Waals surface area contributed by atoms with E-state index in [1.807, 2.05) is 5.48 Å². The van der Waals surface area contributed by atoms with Gasteiger partial charge in [-0.3, -0.25) is 25.5 Å². The highest BCUT2D eigenvalue weighted by molar-refractivity contribution is 5.95. The Labute approximate surface area is 164 Å². The first kappa shape index (κ1) is 24.8. The second-order valence-electron chi connectivity index (χ2n) is 5.84. The van der Waals surface area contributed by atoms with Crippen LogP contribution in [0.2, 0.25) is 0 Å². The van der Waals surface area contributed by atoms with Crippen molar-refractivity contribution in [1.82, 2.24) is 4.90 Å². The molecule has 8 heteroatoms. The van der Waals surface area contributed by atoms with Gasteiger partial charge in [-0.05, 0) is 62.4 Å². The van der Waals surface area contributed by atoms with Gasteiger partial charge in [0.15, 0.2) is 11.6 Å². The Hall–Kier alpha value is -3.23. The average Bonchev–Trinajstić information content (AvgIpc) is 2.67. The van der Waals surface area contributed by atoms with E-state index in [-0.39, 0.29) is 19.0 Å². The van der Waals surface area contributed by atoms with Gasteiger partial charge in [-0.15, -0.1) is 0 Å². The molecular formula is C20H27N3O5. The van der Waals surface area contributed by atoms with Crippen molar-refractivity contribution in [2.24, 2.45) is 0 Å². The third-order valence-corrected chi connectivity index (χ3v) is 3.50. The number of anilines is 2. The van der Waals surface area contributed by atoms with Crippen LogP contribution in [-0.4, -0.2) is 47.0 Å². The lowest BCUT2D eigenvalue weighted by Crippen LogP contribution is -2.36. The number of amides is 2. The van der Waals surface area contributed by atoms with E-state index in [0.717, 1.165) is 0 Å². The fraction of sp³-hybridized carbons (Fsp3) is 0.250. The summed E-state index contributed by atoms with van der Waals surface area (Å²) in [6, 6.07) is 12.2. The smallest absolute Gasteiger partial charge is 0.329 e. The number of hydrogen-bond acceptors (Lipinski definition) is 6. The molecule has 2 aromatic carbocycles. The van der Waals surface area contributed by atoms with E-state index in [1.165, 1.54) is 45.0 Å². The number of benzene rings is 2. The SMILES string of the molecule is C.CC(=O)c1ccc(N(O)C(=O)N(C)C)cc1.CC(=O)c1ccc(NO)cc1. The second kappa shape index (κ2) is 11.5. The molecule has 0 heterocycles. The van der Waals surface area contributed by atoms with Crippen molar-refractivity contribution in [3.05, 3.63) is 59.7 Å². The third kappa shape index (κ3) is 7.18. The lowest BCUT2D eigenvalue weighted by atomic mass is 10.1. The zero-order valence-electron chi connectivity index (χ0n) is 15.6. The quantitative estimate of drug-likeness (QED) is 0.413. The van der Waals surface area contributed by atoms with Crippen LogP contribution >= 0.6 is 0 Å². The molecule has 2 amide bonds. The molecule has 152 valence electrons. The lowest BCUT2D eigenvalue weighted by Gasteiger charge is -2.19. The summed E-state index contributed by atoms with van der Waals surface area (Å²) in [7, 11) is 3.07. The molecule has 3 N–H and O–H groups in total. The molecule has 0 aliphatic rings. The molecule has 0 bridgehead atoms. The predicted molar refractivity (Wildman–Crippen MR) is 108 cm³/mol. The fourth-order valence-electron chi connectivity index (χ4n) is 1.92. The number of rotatable bonds is 4. The number of Topliss-reactive ketones (excluding diaryl/α,β-unsaturated/α-hetero) is 2. The number of hydroxylamine groups is 1. The van der Waals surface area contributed by atoms with Crippen LogP contribution in [0.1, 0.15) is 42.0 Å². The molecule has 0 saturated carbocycles. The molecule has 0 atom stereocenters. The molecule has 0 aromatic heterocycles. The molecular weight excluding hydrogens is 362 g/mol. The van der Waals surface area contributed by atoms with Crippen LogP contribution in [0.15, 0.2) is 48.5 Å². The van der Waals surface area contributed by atoms with Crippen LogP contribution in [0, 0.1) is 0 Å². The van der Waals surface area contributed by atoms with Gasteiger partial charge in [0.05, 0.1) is 11.4 Å². The molecule has 2 rings (SSSR count). The summed E-state index contributed by atoms with van der Waals surface area (Å²) in [4.78, 5) is 34.4. The maximum Gasteiger partial charge on any atom is 0.348 e. The van der Waals surface area contributed by atoms with Crippen molar-refractivity contribution < 1.29 is 24.8 Å². The predicted octanol–water partition coefficient (Wildman–Crippen LogP) is 4.09. The average molecular weight is 389 g/mol. The Morgan fingerprint density at radius 1 is 0.821 bits per heavy atom. The molecule has 0 spiro atoms. The second-order valence-corrected chi connectivity index (χ2v) is 5.84. The lowest BCUT2D eigenvalue weighted by molar-refractivity contribution is 0.100. The third-order valence-electron chi connectivity index (χ3n) is 3.50. The minimum atomic E-state index is -0.546. The number of ketones is 2. The Balaban J connectivity index is 0.000000535. The molecule has 0 unspecified atom stereocenters. The van der Waals surface area contributed by atoms with Crippen molar-refractivity contribution in [2.45, 2.75) is 21.3 Å². The molecule has 2 aromatic rings. The number of carbonyl (C=O) groups excluding carboxylic acids is 3. The van der Waals surface area contributed by atoms with Crippen molar-refractivity contribution in [3.63, 3.8) is 0 Å². The highest BCUT2D eigenvalue weighted by Gasteiger charge is 2.14. The van der Waals surface area contributed by atoms with Crippen molar-refractivity contribution in [1.29, 1.82) is 0 Å². The van der Waals surface area contributed by atoms with Crippen LogP contribution in [0.3, 0.4) is 0 Å². The van der Waals surface area contributed by atoms with Crippen LogP contribution < -0.4 is 10.5 Å². The highest BCUT2D eigenvalue weighted by atomic mass is 16.5. The van der Waals surface area contributed by atoms with Crippen LogP contribution in [-0.2, 0) is 0 Å². The number of nitrogens with zero attached hydrogens (tertiary/aromatic N) is 2. The van der Waals surface area contributed by atoms with E-state index in [0.29, 0.717) is 27.6 Å². The Morgan fingerprint density at radius 3 is 1.54 bits per heavy atom. The molecule has 0 saturated heterocycles. The van der Waals surface area contributed by atoms with Gasteiger partial charge >= 0.3 is 6.03 Å². The van der Waals surface area contributed by atoms with Crippen LogP contribution in [0.4, 0.5) is 16.2 Å². The van der Waals surface area contributed by atoms with Crippen LogP contribution in [0.25, 0.3) is 0 Å². The Kier molecular flexibility index (Phi) is 10.2. The van der Waals surface area contributed by atoms with Gasteiger partial charge in [-0.1, -0.05) is 7.43 Å². The summed E-state index contributed by atoms with van der Waals surface area (Å²) < 4.78 is 0. The number of hydrogen-bond donors (Lipinski definition) is 3. The van der Waals surface area contributed by atoms with Crippen LogP contribution in [0.5, 0.6) is 0 Å². The van der Waals surface area contributed by atoms with Gasteiger partial charge in [-0.25, -0.2) is 4.79 Å². The standard InChI is InChI=1S/C11H14N2O3.C8H9NO2.CH4/c1-8(14)9-4-6-10(7-5-9)13(16)11(15)12(2)3;1-6(10)7-2-4-8(9-11)5-3-7;/h4-7,16H,1-3H3;2-5,9,11H,1H3;1H4. The van der Waals surface area contributed by atoms with E-state index < -0.39 is 6.03 Å². The first-order valence-corrected chi connectivity index (χ1v) is 7.99. The van der Waals surface area contributed by atoms with Gasteiger partial charge in [-0.2, -0.15) is 5.06 Å². The summed E-state index contributed by atoms with van der Waals surface area (Å²) >= 11 is 0. The summed E-state index contributed by atoms with van der Waals surface area (Å²) in [6.07, 6.45) is 0. The largest absolute Gasteiger partial charge is 0.348 e. The Morgan fingerprint density at radius 2 is 1.21 bits per heavy atom. The summed E-state index contributed by atoms with van der Waals surface area (Å²) in [5, 5.41) is 18.5. The van der Waals surface area contributed by atoms with E-state index in [4.69, 9.17) is 5.21 Å². The maximum absolute atomic E-state index is 11.4. The summed E-state index contributed by atoms with van der Waals surface area (Å²) in [5.41, 5.74) is 4.06. The van der Waals surface area contributed by atoms with Crippen molar-refractivity contribution in [2.75, 3.05) is 24.6 Å². The molecule has 0 fully saturated rings. The summed E-state index contributed by atoms with van der Waals surface area (Å²) in [5.74, 6) is -0.0375. The monoisotopic (exact) mass is 389 g/mol. The zero-order chi connectivity index (χ0) is 20.6. The van der Waals surface area contributed by atoms with Gasteiger partial charge in [0.25, 0.3) is 0 Å². The minimum absolute atomic E-state index is 0. The van der Waals surface area contributed by atoms with E-state index >= 15 is 0 Å². The normalized spacial score (nSPS) is 9.21. The molecule has 0 radical (unpaired) electrons. The van der Waals surface area contributed by atoms with Crippen molar-refractivity contribution in [3.8, 4) is 0 Å². The molecule has 0 aliphatic carbocycles. The summed E-state index contributed by atoms with van der Waals surface area (Å²) in [6.45, 7) is 2.96. The van der Waals surface area contributed by atoms with E-state index in [1.54, 1.807) is 36.4 Å². The van der Waals surface area contributed by atoms with Gasteiger partial charge in [0.2, 0.25) is 0 Å². The molecule has 8 nitrogen and oxygen atoms in total. The maximum atomic E-state index is 11.4. The first-order chi connectivity index (χ1) is 12.7. The fourth-order valence-corrected chi connectivity index (χ4v) is 1.92. The van der Waals surface area contributed by atoms with Crippen molar-refractivity contribution >= 4 is 29.0 Å².